The van der Waals surface area contributed by atoms with Crippen molar-refractivity contribution in [3.8, 4) is 11.8 Å². The van der Waals surface area contributed by atoms with Gasteiger partial charge in [0.25, 0.3) is 5.24 Å². The van der Waals surface area contributed by atoms with Crippen molar-refractivity contribution in [2.75, 3.05) is 0 Å². The molecule has 0 saturated carbocycles. The molecule has 1 radical (unpaired) electrons. The van der Waals surface area contributed by atoms with Crippen LogP contribution in [0.25, 0.3) is 0 Å². The second kappa shape index (κ2) is 4.33. The van der Waals surface area contributed by atoms with Gasteiger partial charge in [0.1, 0.15) is 11.8 Å². The first-order valence-corrected chi connectivity index (χ1v) is 4.63. The molecule has 0 aliphatic rings. The predicted molar refractivity (Wildman–Crippen MR) is 55.8 cm³/mol. The smallest absolute Gasteiger partial charge is 0.252 e. The summed E-state index contributed by atoms with van der Waals surface area (Å²) in [5.41, 5.74) is -0.648. The maximum atomic E-state index is 10.9. The van der Waals surface area contributed by atoms with E-state index in [0.717, 1.165) is 0 Å². The molecule has 1 aromatic carbocycles. The molecule has 1 aromatic rings. The van der Waals surface area contributed by atoms with Gasteiger partial charge in [-0.2, -0.15) is 5.26 Å². The van der Waals surface area contributed by atoms with E-state index in [-0.39, 0.29) is 0 Å². The van der Waals surface area contributed by atoms with Crippen LogP contribution in [0.15, 0.2) is 18.2 Å². The number of halogens is 1. The lowest BCUT2D eigenvalue weighted by atomic mass is 10.1. The molecule has 0 fully saturated rings. The Hall–Kier alpha value is -1.53. The summed E-state index contributed by atoms with van der Waals surface area (Å²) in [6.07, 6.45) is 0. The van der Waals surface area contributed by atoms with E-state index in [1.807, 2.05) is 6.07 Å². The largest absolute Gasteiger partial charge is 0.473 e. The molecule has 0 aliphatic carbocycles. The SMILES string of the molecule is CC(C)(C#N)Oc1c[c]cc(C(=O)Cl)c1. The zero-order chi connectivity index (χ0) is 11.5. The van der Waals surface area contributed by atoms with Crippen molar-refractivity contribution in [3.05, 3.63) is 29.8 Å². The third-order valence-corrected chi connectivity index (χ3v) is 1.85. The molecule has 0 bridgehead atoms. The quantitative estimate of drug-likeness (QED) is 0.739. The van der Waals surface area contributed by atoms with Crippen LogP contribution in [0.1, 0.15) is 24.2 Å². The van der Waals surface area contributed by atoms with Gasteiger partial charge in [-0.3, -0.25) is 4.79 Å². The van der Waals surface area contributed by atoms with Gasteiger partial charge >= 0.3 is 0 Å². The molecule has 0 aliphatic heterocycles. The van der Waals surface area contributed by atoms with Crippen LogP contribution in [0, 0.1) is 17.4 Å². The lowest BCUT2D eigenvalue weighted by molar-refractivity contribution is 0.107. The Morgan fingerprint density at radius 3 is 2.80 bits per heavy atom. The van der Waals surface area contributed by atoms with Crippen LogP contribution in [-0.4, -0.2) is 10.8 Å². The van der Waals surface area contributed by atoms with Crippen molar-refractivity contribution in [3.63, 3.8) is 0 Å². The number of carbonyl (C=O) groups is 1. The number of hydrogen-bond donors (Lipinski definition) is 0. The van der Waals surface area contributed by atoms with Gasteiger partial charge in [-0.05, 0) is 49.7 Å². The Morgan fingerprint density at radius 2 is 2.27 bits per heavy atom. The summed E-state index contributed by atoms with van der Waals surface area (Å²) < 4.78 is 5.34. The second-order valence-corrected chi connectivity index (χ2v) is 3.80. The molecule has 3 nitrogen and oxygen atoms in total. The highest BCUT2D eigenvalue weighted by atomic mass is 35.5. The molecule has 0 aromatic heterocycles. The van der Waals surface area contributed by atoms with Crippen molar-refractivity contribution in [2.45, 2.75) is 19.4 Å². The van der Waals surface area contributed by atoms with E-state index in [2.05, 4.69) is 6.07 Å². The summed E-state index contributed by atoms with van der Waals surface area (Å²) in [4.78, 5) is 10.9. The number of nitrogens with zero attached hydrogens (tertiary/aromatic N) is 1. The van der Waals surface area contributed by atoms with Gasteiger partial charge in [0, 0.05) is 5.56 Å². The molecular weight excluding hydrogens is 214 g/mol. The van der Waals surface area contributed by atoms with Gasteiger partial charge in [0.2, 0.25) is 0 Å². The van der Waals surface area contributed by atoms with Gasteiger partial charge in [0.15, 0.2) is 5.60 Å². The van der Waals surface area contributed by atoms with Crippen LogP contribution in [0.2, 0.25) is 0 Å². The summed E-state index contributed by atoms with van der Waals surface area (Å²) >= 11 is 5.30. The molecular formula is C11H9ClNO2. The van der Waals surface area contributed by atoms with Gasteiger partial charge in [0.05, 0.1) is 0 Å². The lowest BCUT2D eigenvalue weighted by Crippen LogP contribution is -2.25. The molecule has 1 rings (SSSR count). The van der Waals surface area contributed by atoms with Crippen molar-refractivity contribution in [2.24, 2.45) is 0 Å². The third-order valence-electron chi connectivity index (χ3n) is 1.63. The van der Waals surface area contributed by atoms with E-state index in [1.54, 1.807) is 19.9 Å². The van der Waals surface area contributed by atoms with E-state index in [4.69, 9.17) is 21.6 Å². The molecule has 0 saturated heterocycles. The standard InChI is InChI=1S/C11H9ClNO2/c1-11(2,7-13)15-9-5-3-4-8(6-9)10(12)14/h4-6H,1-2H3. The highest BCUT2D eigenvalue weighted by Gasteiger charge is 2.18. The minimum Gasteiger partial charge on any atom is -0.473 e. The Morgan fingerprint density at radius 1 is 1.60 bits per heavy atom. The maximum absolute atomic E-state index is 10.9. The fraction of sp³-hybridized carbons (Fsp3) is 0.273. The van der Waals surface area contributed by atoms with Crippen LogP contribution >= 0.6 is 11.6 Å². The molecule has 0 heterocycles. The van der Waals surface area contributed by atoms with E-state index >= 15 is 0 Å². The second-order valence-electron chi connectivity index (χ2n) is 3.46. The topological polar surface area (TPSA) is 50.1 Å². The number of hydrogen-bond acceptors (Lipinski definition) is 3. The molecule has 4 heteroatoms. The molecule has 0 amide bonds. The zero-order valence-corrected chi connectivity index (χ0v) is 9.13. The Labute approximate surface area is 93.2 Å². The van der Waals surface area contributed by atoms with Crippen LogP contribution < -0.4 is 4.74 Å². The summed E-state index contributed by atoms with van der Waals surface area (Å²) in [6, 6.07) is 9.18. The first-order chi connectivity index (χ1) is 6.94. The highest BCUT2D eigenvalue weighted by Crippen LogP contribution is 2.19. The van der Waals surface area contributed by atoms with Crippen molar-refractivity contribution >= 4 is 16.8 Å². The van der Waals surface area contributed by atoms with Crippen molar-refractivity contribution in [1.29, 1.82) is 5.26 Å². The van der Waals surface area contributed by atoms with E-state index in [0.29, 0.717) is 11.3 Å². The van der Waals surface area contributed by atoms with E-state index in [9.17, 15) is 4.79 Å². The molecule has 15 heavy (non-hydrogen) atoms. The number of benzene rings is 1. The molecule has 0 spiro atoms. The Bertz CT molecular complexity index is 421. The average molecular weight is 223 g/mol. The third kappa shape index (κ3) is 3.26. The highest BCUT2D eigenvalue weighted by molar-refractivity contribution is 6.67. The maximum Gasteiger partial charge on any atom is 0.252 e. The fourth-order valence-corrected chi connectivity index (χ4v) is 1.05. The first kappa shape index (κ1) is 11.5. The van der Waals surface area contributed by atoms with Crippen LogP contribution in [0.5, 0.6) is 5.75 Å². The van der Waals surface area contributed by atoms with Gasteiger partial charge < -0.3 is 4.74 Å². The molecule has 0 atom stereocenters. The molecule has 77 valence electrons. The summed E-state index contributed by atoms with van der Waals surface area (Å²) in [5, 5.41) is 8.18. The Balaban J connectivity index is 2.93. The number of nitriles is 1. The van der Waals surface area contributed by atoms with Crippen LogP contribution in [0.3, 0.4) is 0 Å². The van der Waals surface area contributed by atoms with Crippen molar-refractivity contribution in [1.82, 2.24) is 0 Å². The minimum atomic E-state index is -0.943. The monoisotopic (exact) mass is 222 g/mol. The Kier molecular flexibility index (Phi) is 3.33. The summed E-state index contributed by atoms with van der Waals surface area (Å²) in [6.45, 7) is 3.25. The molecule has 0 N–H and O–H groups in total. The van der Waals surface area contributed by atoms with E-state index in [1.165, 1.54) is 12.1 Å². The number of carbonyl (C=O) groups excluding carboxylic acids is 1. The normalized spacial score (nSPS) is 10.5. The minimum absolute atomic E-state index is 0.294. The zero-order valence-electron chi connectivity index (χ0n) is 8.37. The molecule has 0 unspecified atom stereocenters. The van der Waals surface area contributed by atoms with Crippen LogP contribution in [-0.2, 0) is 0 Å². The summed E-state index contributed by atoms with van der Waals surface area (Å²) in [7, 11) is 0. The predicted octanol–water partition coefficient (Wildman–Crippen LogP) is 2.55. The first-order valence-electron chi connectivity index (χ1n) is 4.26. The van der Waals surface area contributed by atoms with E-state index < -0.39 is 10.8 Å². The average Bonchev–Trinajstić information content (AvgIpc) is 2.17. The van der Waals surface area contributed by atoms with Gasteiger partial charge in [-0.15, -0.1) is 0 Å². The van der Waals surface area contributed by atoms with Crippen molar-refractivity contribution < 1.29 is 9.53 Å². The fourth-order valence-electron chi connectivity index (χ4n) is 0.940. The lowest BCUT2D eigenvalue weighted by Gasteiger charge is -2.18. The number of rotatable bonds is 3. The van der Waals surface area contributed by atoms with Crippen LogP contribution in [0.4, 0.5) is 0 Å². The van der Waals surface area contributed by atoms with Gasteiger partial charge in [-0.25, -0.2) is 0 Å². The van der Waals surface area contributed by atoms with Gasteiger partial charge in [-0.1, -0.05) is 0 Å². The summed E-state index contributed by atoms with van der Waals surface area (Å²) in [5.74, 6) is 0.396. The number of ether oxygens (including phenoxy) is 1.